The standard InChI is InChI=1S/C27H24N2O2/c30-22-16-9-17-26(22)23(18-10-3-1-4-11-18)24(19-12-5-2-6-13-19)29-27(26)20-14-7-8-15-21(20)28-25(27)31/h1-8,10-15,23-24,29H,9,16-17H2,(H,28,31). The summed E-state index contributed by atoms with van der Waals surface area (Å²) >= 11 is 0. The molecular weight excluding hydrogens is 384 g/mol. The number of hydrogen-bond acceptors (Lipinski definition) is 3. The van der Waals surface area contributed by atoms with Crippen LogP contribution in [-0.2, 0) is 15.1 Å². The van der Waals surface area contributed by atoms with Crippen molar-refractivity contribution in [2.24, 2.45) is 5.41 Å². The first kappa shape index (κ1) is 18.5. The summed E-state index contributed by atoms with van der Waals surface area (Å²) in [7, 11) is 0. The molecule has 1 saturated carbocycles. The fourth-order valence-electron chi connectivity index (χ4n) is 6.50. The fourth-order valence-corrected chi connectivity index (χ4v) is 6.50. The van der Waals surface area contributed by atoms with Crippen LogP contribution in [0.4, 0.5) is 5.69 Å². The van der Waals surface area contributed by atoms with Gasteiger partial charge in [-0.3, -0.25) is 14.9 Å². The molecule has 0 bridgehead atoms. The van der Waals surface area contributed by atoms with Crippen molar-refractivity contribution in [2.75, 3.05) is 5.32 Å². The number of carbonyl (C=O) groups excluding carboxylic acids is 2. The average molecular weight is 409 g/mol. The maximum Gasteiger partial charge on any atom is 0.250 e. The Morgan fingerprint density at radius 3 is 2.10 bits per heavy atom. The van der Waals surface area contributed by atoms with Gasteiger partial charge in [0.05, 0.1) is 5.41 Å². The monoisotopic (exact) mass is 408 g/mol. The SMILES string of the molecule is O=C1Nc2ccccc2C12NC(c1ccccc1)C(c1ccccc1)C21CCCC1=O. The molecule has 0 radical (unpaired) electrons. The molecule has 2 heterocycles. The molecule has 1 saturated heterocycles. The zero-order valence-electron chi connectivity index (χ0n) is 17.2. The molecule has 4 nitrogen and oxygen atoms in total. The number of rotatable bonds is 2. The molecule has 1 amide bonds. The number of para-hydroxylation sites is 1. The number of benzene rings is 3. The summed E-state index contributed by atoms with van der Waals surface area (Å²) < 4.78 is 0. The number of carbonyl (C=O) groups is 2. The van der Waals surface area contributed by atoms with E-state index in [-0.39, 0.29) is 23.7 Å². The number of Topliss-reactive ketones (excluding diaryl/α,β-unsaturated/α-hetero) is 1. The second-order valence-corrected chi connectivity index (χ2v) is 8.92. The summed E-state index contributed by atoms with van der Waals surface area (Å²) in [5.74, 6) is -0.0505. The predicted molar refractivity (Wildman–Crippen MR) is 120 cm³/mol. The van der Waals surface area contributed by atoms with Crippen molar-refractivity contribution in [3.8, 4) is 0 Å². The van der Waals surface area contributed by atoms with E-state index in [0.717, 1.165) is 28.8 Å². The molecule has 6 rings (SSSR count). The molecule has 4 atom stereocenters. The van der Waals surface area contributed by atoms with Crippen LogP contribution in [0.5, 0.6) is 0 Å². The molecule has 4 unspecified atom stereocenters. The molecular formula is C27H24N2O2. The summed E-state index contributed by atoms with van der Waals surface area (Å²) in [5, 5.41) is 6.86. The number of anilines is 1. The van der Waals surface area contributed by atoms with Crippen molar-refractivity contribution < 1.29 is 9.59 Å². The molecule has 2 N–H and O–H groups in total. The minimum Gasteiger partial charge on any atom is -0.324 e. The van der Waals surface area contributed by atoms with Crippen LogP contribution in [-0.4, -0.2) is 11.7 Å². The van der Waals surface area contributed by atoms with Crippen molar-refractivity contribution in [2.45, 2.75) is 36.8 Å². The van der Waals surface area contributed by atoms with Crippen molar-refractivity contribution in [3.05, 3.63) is 102 Å². The number of hydrogen-bond donors (Lipinski definition) is 2. The van der Waals surface area contributed by atoms with E-state index >= 15 is 0 Å². The highest BCUT2D eigenvalue weighted by atomic mass is 16.2. The van der Waals surface area contributed by atoms with E-state index in [2.05, 4.69) is 34.9 Å². The zero-order chi connectivity index (χ0) is 21.1. The van der Waals surface area contributed by atoms with E-state index in [9.17, 15) is 9.59 Å². The minimum absolute atomic E-state index is 0.108. The molecule has 4 heteroatoms. The molecule has 2 fully saturated rings. The number of amides is 1. The molecule has 2 aliphatic heterocycles. The first-order valence-corrected chi connectivity index (χ1v) is 11.0. The van der Waals surface area contributed by atoms with Crippen molar-refractivity contribution in [3.63, 3.8) is 0 Å². The quantitative estimate of drug-likeness (QED) is 0.646. The summed E-state index contributed by atoms with van der Waals surface area (Å²) in [5.41, 5.74) is 2.01. The fraction of sp³-hybridized carbons (Fsp3) is 0.259. The van der Waals surface area contributed by atoms with Crippen LogP contribution in [0.25, 0.3) is 0 Å². The van der Waals surface area contributed by atoms with E-state index in [1.165, 1.54) is 0 Å². The van der Waals surface area contributed by atoms with Gasteiger partial charge in [0, 0.05) is 29.6 Å². The Morgan fingerprint density at radius 2 is 1.42 bits per heavy atom. The van der Waals surface area contributed by atoms with E-state index in [0.29, 0.717) is 12.8 Å². The third-order valence-electron chi connectivity index (χ3n) is 7.62. The second kappa shape index (κ2) is 6.63. The van der Waals surface area contributed by atoms with E-state index < -0.39 is 11.0 Å². The van der Waals surface area contributed by atoms with Crippen molar-refractivity contribution in [1.29, 1.82) is 0 Å². The summed E-state index contributed by atoms with van der Waals surface area (Å²) in [6, 6.07) is 28.2. The largest absolute Gasteiger partial charge is 0.324 e. The van der Waals surface area contributed by atoms with Crippen LogP contribution in [0.15, 0.2) is 84.9 Å². The highest BCUT2D eigenvalue weighted by Gasteiger charge is 2.74. The smallest absolute Gasteiger partial charge is 0.250 e. The van der Waals surface area contributed by atoms with Gasteiger partial charge in [0.15, 0.2) is 0 Å². The molecule has 2 spiro atoms. The van der Waals surface area contributed by atoms with Gasteiger partial charge in [-0.1, -0.05) is 78.9 Å². The average Bonchev–Trinajstić information content (AvgIpc) is 3.44. The normalized spacial score (nSPS) is 31.4. The van der Waals surface area contributed by atoms with Crippen molar-refractivity contribution in [1.82, 2.24) is 5.32 Å². The second-order valence-electron chi connectivity index (χ2n) is 8.92. The van der Waals surface area contributed by atoms with Gasteiger partial charge in [-0.25, -0.2) is 0 Å². The topological polar surface area (TPSA) is 58.2 Å². The number of nitrogens with one attached hydrogen (secondary N) is 2. The lowest BCUT2D eigenvalue weighted by Gasteiger charge is -2.41. The lowest BCUT2D eigenvalue weighted by atomic mass is 9.58. The molecule has 3 aromatic carbocycles. The first-order chi connectivity index (χ1) is 15.2. The van der Waals surface area contributed by atoms with Crippen LogP contribution in [0.3, 0.4) is 0 Å². The van der Waals surface area contributed by atoms with Gasteiger partial charge in [0.25, 0.3) is 0 Å². The van der Waals surface area contributed by atoms with Crippen LogP contribution >= 0.6 is 0 Å². The number of ketones is 1. The maximum absolute atomic E-state index is 13.9. The maximum atomic E-state index is 13.9. The van der Waals surface area contributed by atoms with Gasteiger partial charge < -0.3 is 5.32 Å². The van der Waals surface area contributed by atoms with Crippen LogP contribution in [0.2, 0.25) is 0 Å². The first-order valence-electron chi connectivity index (χ1n) is 11.0. The van der Waals surface area contributed by atoms with Crippen LogP contribution < -0.4 is 10.6 Å². The molecule has 154 valence electrons. The Kier molecular flexibility index (Phi) is 3.96. The summed E-state index contributed by atoms with van der Waals surface area (Å²) in [4.78, 5) is 27.6. The Hall–Kier alpha value is -3.24. The zero-order valence-corrected chi connectivity index (χ0v) is 17.2. The lowest BCUT2D eigenvalue weighted by molar-refractivity contribution is -0.137. The van der Waals surface area contributed by atoms with Gasteiger partial charge in [-0.15, -0.1) is 0 Å². The van der Waals surface area contributed by atoms with Crippen LogP contribution in [0.1, 0.15) is 47.9 Å². The van der Waals surface area contributed by atoms with Gasteiger partial charge in [0.2, 0.25) is 5.91 Å². The Balaban J connectivity index is 1.67. The van der Waals surface area contributed by atoms with Gasteiger partial charge in [0.1, 0.15) is 11.3 Å². The Morgan fingerprint density at radius 1 is 0.774 bits per heavy atom. The van der Waals surface area contributed by atoms with Crippen molar-refractivity contribution >= 4 is 17.4 Å². The van der Waals surface area contributed by atoms with Gasteiger partial charge in [-0.05, 0) is 30.0 Å². The minimum atomic E-state index is -1.07. The summed E-state index contributed by atoms with van der Waals surface area (Å²) in [6.45, 7) is 0. The van der Waals surface area contributed by atoms with E-state index in [1.54, 1.807) is 0 Å². The Bertz CT molecular complexity index is 1180. The molecule has 3 aliphatic rings. The highest BCUT2D eigenvalue weighted by Crippen LogP contribution is 2.67. The molecule has 0 aromatic heterocycles. The lowest BCUT2D eigenvalue weighted by Crippen LogP contribution is -2.56. The highest BCUT2D eigenvalue weighted by molar-refractivity contribution is 6.11. The van der Waals surface area contributed by atoms with Gasteiger partial charge >= 0.3 is 0 Å². The van der Waals surface area contributed by atoms with Gasteiger partial charge in [-0.2, -0.15) is 0 Å². The third-order valence-corrected chi connectivity index (χ3v) is 7.62. The molecule has 1 aliphatic carbocycles. The van der Waals surface area contributed by atoms with E-state index in [4.69, 9.17) is 0 Å². The Labute approximate surface area is 181 Å². The number of fused-ring (bicyclic) bond motifs is 3. The summed E-state index contributed by atoms with van der Waals surface area (Å²) in [6.07, 6.45) is 2.02. The molecule has 31 heavy (non-hydrogen) atoms. The molecule has 3 aromatic rings. The predicted octanol–water partition coefficient (Wildman–Crippen LogP) is 4.70. The van der Waals surface area contributed by atoms with E-state index in [1.807, 2.05) is 60.7 Å². The van der Waals surface area contributed by atoms with Crippen LogP contribution in [0, 0.1) is 5.41 Å². The third kappa shape index (κ3) is 2.28.